The molecule has 3 rings (SSSR count). The highest BCUT2D eigenvalue weighted by molar-refractivity contribution is 7.18. The number of nitrogens with one attached hydrogen (secondary N) is 1. The Kier molecular flexibility index (Phi) is 5.03. The number of thiophene rings is 1. The molecular formula is C16H13ClN2O3S2. The Balaban J connectivity index is 1.79. The van der Waals surface area contributed by atoms with E-state index in [0.717, 1.165) is 11.3 Å². The van der Waals surface area contributed by atoms with E-state index in [0.29, 0.717) is 25.8 Å². The second-order valence-electron chi connectivity index (χ2n) is 4.67. The number of carbonyl (C=O) groups is 1. The summed E-state index contributed by atoms with van der Waals surface area (Å²) >= 11 is 8.43. The molecule has 124 valence electrons. The third-order valence-corrected chi connectivity index (χ3v) is 5.19. The minimum Gasteiger partial charge on any atom is -0.493 e. The Morgan fingerprint density at radius 3 is 2.62 bits per heavy atom. The first kappa shape index (κ1) is 16.8. The van der Waals surface area contributed by atoms with Crippen LogP contribution in [-0.2, 0) is 0 Å². The van der Waals surface area contributed by atoms with Crippen molar-refractivity contribution in [2.75, 3.05) is 19.5 Å². The van der Waals surface area contributed by atoms with E-state index < -0.39 is 0 Å². The number of methoxy groups -OCH3 is 2. The van der Waals surface area contributed by atoms with Crippen molar-refractivity contribution in [3.8, 4) is 22.8 Å². The summed E-state index contributed by atoms with van der Waals surface area (Å²) in [6.07, 6.45) is 0. The van der Waals surface area contributed by atoms with Crippen molar-refractivity contribution in [2.24, 2.45) is 0 Å². The van der Waals surface area contributed by atoms with Crippen LogP contribution in [0, 0.1) is 0 Å². The number of halogens is 1. The van der Waals surface area contributed by atoms with Crippen molar-refractivity contribution in [1.29, 1.82) is 0 Å². The maximum atomic E-state index is 12.1. The van der Waals surface area contributed by atoms with Crippen molar-refractivity contribution in [2.45, 2.75) is 0 Å². The molecule has 0 saturated heterocycles. The summed E-state index contributed by atoms with van der Waals surface area (Å²) in [5.74, 6) is 1.06. The topological polar surface area (TPSA) is 60.5 Å². The third-order valence-electron chi connectivity index (χ3n) is 3.20. The summed E-state index contributed by atoms with van der Waals surface area (Å²) in [5.41, 5.74) is 1.63. The molecule has 2 heterocycles. The molecule has 0 bridgehead atoms. The lowest BCUT2D eigenvalue weighted by Gasteiger charge is -2.08. The van der Waals surface area contributed by atoms with Gasteiger partial charge in [0.05, 0.1) is 29.1 Å². The largest absolute Gasteiger partial charge is 0.493 e. The minimum absolute atomic E-state index is 0.222. The molecular weight excluding hydrogens is 368 g/mol. The van der Waals surface area contributed by atoms with Gasteiger partial charge >= 0.3 is 0 Å². The first-order chi connectivity index (χ1) is 11.6. The summed E-state index contributed by atoms with van der Waals surface area (Å²) in [6.45, 7) is 0. The smallest absolute Gasteiger partial charge is 0.267 e. The van der Waals surface area contributed by atoms with Crippen LogP contribution < -0.4 is 14.8 Å². The average Bonchev–Trinajstić information content (AvgIpc) is 3.23. The van der Waals surface area contributed by atoms with E-state index in [2.05, 4.69) is 10.3 Å². The standard InChI is InChI=1S/C16H13ClN2O3S2/c1-21-11-4-3-9(7-12(11)22-2)10-8-23-16(18-10)19-15(20)13-5-6-14(17)24-13/h3-8H,1-2H3,(H,18,19,20). The molecule has 0 unspecified atom stereocenters. The van der Waals surface area contributed by atoms with Gasteiger partial charge in [-0.25, -0.2) is 4.98 Å². The quantitative estimate of drug-likeness (QED) is 0.691. The number of carbonyl (C=O) groups excluding carboxylic acids is 1. The molecule has 1 amide bonds. The van der Waals surface area contributed by atoms with Crippen molar-refractivity contribution < 1.29 is 14.3 Å². The number of aromatic nitrogens is 1. The van der Waals surface area contributed by atoms with Crippen LogP contribution in [0.25, 0.3) is 11.3 Å². The van der Waals surface area contributed by atoms with E-state index in [9.17, 15) is 4.79 Å². The Morgan fingerprint density at radius 2 is 1.96 bits per heavy atom. The van der Waals surface area contributed by atoms with Gasteiger partial charge in [0, 0.05) is 10.9 Å². The fourth-order valence-corrected chi connectivity index (χ4v) is 3.71. The number of benzene rings is 1. The van der Waals surface area contributed by atoms with Gasteiger partial charge in [0.25, 0.3) is 5.91 Å². The van der Waals surface area contributed by atoms with E-state index in [1.165, 1.54) is 22.7 Å². The van der Waals surface area contributed by atoms with Crippen molar-refractivity contribution in [3.63, 3.8) is 0 Å². The van der Waals surface area contributed by atoms with Gasteiger partial charge in [0.15, 0.2) is 16.6 Å². The van der Waals surface area contributed by atoms with E-state index in [1.54, 1.807) is 26.4 Å². The van der Waals surface area contributed by atoms with Gasteiger partial charge in [-0.1, -0.05) is 11.6 Å². The van der Waals surface area contributed by atoms with Crippen LogP contribution in [0.3, 0.4) is 0 Å². The van der Waals surface area contributed by atoms with E-state index in [1.807, 2.05) is 23.6 Å². The molecule has 1 aromatic carbocycles. The first-order valence-electron chi connectivity index (χ1n) is 6.85. The lowest BCUT2D eigenvalue weighted by molar-refractivity contribution is 0.103. The molecule has 5 nitrogen and oxygen atoms in total. The van der Waals surface area contributed by atoms with E-state index >= 15 is 0 Å². The van der Waals surface area contributed by atoms with Crippen LogP contribution in [0.2, 0.25) is 4.34 Å². The predicted molar refractivity (Wildman–Crippen MR) is 97.9 cm³/mol. The average molecular weight is 381 g/mol. The van der Waals surface area contributed by atoms with Gasteiger partial charge in [0.2, 0.25) is 0 Å². The number of ether oxygens (including phenoxy) is 2. The van der Waals surface area contributed by atoms with Gasteiger partial charge in [-0.2, -0.15) is 0 Å². The van der Waals surface area contributed by atoms with E-state index in [-0.39, 0.29) is 5.91 Å². The number of hydrogen-bond acceptors (Lipinski definition) is 6. The monoisotopic (exact) mass is 380 g/mol. The van der Waals surface area contributed by atoms with Gasteiger partial charge in [-0.05, 0) is 30.3 Å². The summed E-state index contributed by atoms with van der Waals surface area (Å²) in [6, 6.07) is 8.93. The predicted octanol–water partition coefficient (Wildman–Crippen LogP) is 4.79. The fourth-order valence-electron chi connectivity index (χ4n) is 2.05. The maximum absolute atomic E-state index is 12.1. The van der Waals surface area contributed by atoms with Gasteiger partial charge in [-0.3, -0.25) is 10.1 Å². The molecule has 2 aromatic heterocycles. The van der Waals surface area contributed by atoms with Crippen LogP contribution in [0.5, 0.6) is 11.5 Å². The zero-order chi connectivity index (χ0) is 17.1. The molecule has 0 radical (unpaired) electrons. The number of anilines is 1. The van der Waals surface area contributed by atoms with Crippen LogP contribution in [0.1, 0.15) is 9.67 Å². The van der Waals surface area contributed by atoms with Crippen LogP contribution in [-0.4, -0.2) is 25.1 Å². The van der Waals surface area contributed by atoms with Crippen LogP contribution in [0.4, 0.5) is 5.13 Å². The molecule has 0 aliphatic rings. The lowest BCUT2D eigenvalue weighted by Crippen LogP contribution is -2.09. The number of thiazole rings is 1. The highest BCUT2D eigenvalue weighted by atomic mass is 35.5. The summed E-state index contributed by atoms with van der Waals surface area (Å²) in [5, 5.41) is 5.17. The van der Waals surface area contributed by atoms with Gasteiger partial charge in [0.1, 0.15) is 0 Å². The Labute approximate surface area is 151 Å². The number of amides is 1. The van der Waals surface area contributed by atoms with Crippen LogP contribution >= 0.6 is 34.3 Å². The summed E-state index contributed by atoms with van der Waals surface area (Å²) < 4.78 is 11.1. The molecule has 0 spiro atoms. The molecule has 1 N–H and O–H groups in total. The molecule has 0 saturated carbocycles. The Bertz CT molecular complexity index is 876. The fraction of sp³-hybridized carbons (Fsp3) is 0.125. The van der Waals surface area contributed by atoms with Crippen molar-refractivity contribution in [3.05, 3.63) is 44.9 Å². The molecule has 8 heteroatoms. The highest BCUT2D eigenvalue weighted by Gasteiger charge is 2.13. The Hall–Kier alpha value is -2.09. The molecule has 0 aliphatic heterocycles. The highest BCUT2D eigenvalue weighted by Crippen LogP contribution is 2.33. The molecule has 0 fully saturated rings. The number of hydrogen-bond donors (Lipinski definition) is 1. The molecule has 24 heavy (non-hydrogen) atoms. The second kappa shape index (κ2) is 7.21. The van der Waals surface area contributed by atoms with Crippen LogP contribution in [0.15, 0.2) is 35.7 Å². The lowest BCUT2D eigenvalue weighted by atomic mass is 10.1. The minimum atomic E-state index is -0.222. The first-order valence-corrected chi connectivity index (χ1v) is 8.92. The maximum Gasteiger partial charge on any atom is 0.267 e. The third kappa shape index (κ3) is 3.53. The Morgan fingerprint density at radius 1 is 1.17 bits per heavy atom. The van der Waals surface area contributed by atoms with Crippen molar-refractivity contribution in [1.82, 2.24) is 4.98 Å². The van der Waals surface area contributed by atoms with E-state index in [4.69, 9.17) is 21.1 Å². The van der Waals surface area contributed by atoms with Gasteiger partial charge in [-0.15, -0.1) is 22.7 Å². The number of rotatable bonds is 5. The van der Waals surface area contributed by atoms with Crippen molar-refractivity contribution >= 4 is 45.3 Å². The normalized spacial score (nSPS) is 10.5. The summed E-state index contributed by atoms with van der Waals surface area (Å²) in [4.78, 5) is 17.1. The molecule has 3 aromatic rings. The second-order valence-corrected chi connectivity index (χ2v) is 7.24. The number of nitrogens with zero attached hydrogens (tertiary/aromatic N) is 1. The SMILES string of the molecule is COc1ccc(-c2csc(NC(=O)c3ccc(Cl)s3)n2)cc1OC. The zero-order valence-electron chi connectivity index (χ0n) is 12.8. The zero-order valence-corrected chi connectivity index (χ0v) is 15.2. The molecule has 0 aliphatic carbocycles. The summed E-state index contributed by atoms with van der Waals surface area (Å²) in [7, 11) is 3.17. The van der Waals surface area contributed by atoms with Gasteiger partial charge < -0.3 is 9.47 Å². The molecule has 0 atom stereocenters.